The van der Waals surface area contributed by atoms with Gasteiger partial charge < -0.3 is 27.9 Å². The van der Waals surface area contributed by atoms with Crippen LogP contribution >= 0.6 is 7.82 Å². The molecule has 2 unspecified atom stereocenters. The Hall–Kier alpha value is -3.33. The molecule has 0 saturated heterocycles. The highest BCUT2D eigenvalue weighted by atomic mass is 31.2. The summed E-state index contributed by atoms with van der Waals surface area (Å²) in [6, 6.07) is 0. The molecule has 0 amide bonds. The molecule has 0 aliphatic heterocycles. The molecule has 0 aromatic rings. The molecule has 0 saturated carbocycles. The smallest absolute Gasteiger partial charge is 0.306 e. The molecule has 0 aliphatic carbocycles. The Kier molecular flexibility index (Phi) is 65.5. The highest BCUT2D eigenvalue weighted by Crippen LogP contribution is 2.38. The van der Waals surface area contributed by atoms with Crippen molar-refractivity contribution in [2.45, 2.75) is 328 Å². The first kappa shape index (κ1) is 84.7. The van der Waals surface area contributed by atoms with Gasteiger partial charge in [0.05, 0.1) is 27.7 Å². The number of phosphoric acid groups is 1. The Morgan fingerprint density at radius 3 is 0.909 bits per heavy atom. The van der Waals surface area contributed by atoms with Crippen molar-refractivity contribution in [1.29, 1.82) is 0 Å². The maximum Gasteiger partial charge on any atom is 0.306 e. The number of carbonyl (C=O) groups excluding carboxylic acids is 2. The van der Waals surface area contributed by atoms with Crippen LogP contribution in [-0.2, 0) is 32.7 Å². The van der Waals surface area contributed by atoms with Crippen LogP contribution in [0, 0.1) is 0 Å². The van der Waals surface area contributed by atoms with E-state index in [1.165, 1.54) is 186 Å². The minimum atomic E-state index is -4.65. The number of allylic oxidation sites excluding steroid dienone is 18. The van der Waals surface area contributed by atoms with Gasteiger partial charge in [-0.05, 0) is 96.3 Å². The van der Waals surface area contributed by atoms with Gasteiger partial charge in [-0.3, -0.25) is 14.2 Å². The molecule has 9 nitrogen and oxygen atoms in total. The van der Waals surface area contributed by atoms with Gasteiger partial charge in [0.1, 0.15) is 19.8 Å². The molecule has 0 aliphatic rings. The molecule has 0 rings (SSSR count). The summed E-state index contributed by atoms with van der Waals surface area (Å²) >= 11 is 0. The second-order valence-corrected chi connectivity index (χ2v) is 27.0. The number of esters is 2. The van der Waals surface area contributed by atoms with Crippen LogP contribution in [0.4, 0.5) is 0 Å². The second kappa shape index (κ2) is 68.0. The lowest BCUT2D eigenvalue weighted by atomic mass is 10.0. The number of carbonyl (C=O) groups is 2. The Morgan fingerprint density at radius 2 is 0.614 bits per heavy atom. The largest absolute Gasteiger partial charge is 0.756 e. The SMILES string of the molecule is CC/C=C\C/C=C\C/C=C\C/C=C\C/C=C\CCCCCCCCCC(=O)OC(COC(=O)CCCCCCCCCCCCCCCCCCCCCCCCCCCCCC/C=C\C/C=C\C/C=C\C/C=C\CC)COP(=O)([O-])OCC[N+](C)(C)C. The average molecular weight is 1250 g/mol. The van der Waals surface area contributed by atoms with E-state index < -0.39 is 26.5 Å². The highest BCUT2D eigenvalue weighted by Gasteiger charge is 2.22. The fourth-order valence-electron chi connectivity index (χ4n) is 10.3. The topological polar surface area (TPSA) is 111 Å². The molecule has 0 radical (unpaired) electrons. The van der Waals surface area contributed by atoms with Crippen molar-refractivity contribution in [3.8, 4) is 0 Å². The molecule has 508 valence electrons. The first-order chi connectivity index (χ1) is 43.0. The van der Waals surface area contributed by atoms with E-state index in [1.807, 2.05) is 21.1 Å². The number of phosphoric ester groups is 1. The van der Waals surface area contributed by atoms with Crippen LogP contribution in [0.5, 0.6) is 0 Å². The number of ether oxygens (including phenoxy) is 2. The Labute approximate surface area is 544 Å². The molecular formula is C78H138NO8P. The molecule has 10 heteroatoms. The van der Waals surface area contributed by atoms with Crippen molar-refractivity contribution < 1.29 is 42.1 Å². The Balaban J connectivity index is 3.93. The zero-order valence-corrected chi connectivity index (χ0v) is 58.8. The minimum Gasteiger partial charge on any atom is -0.756 e. The first-order valence-electron chi connectivity index (χ1n) is 36.6. The minimum absolute atomic E-state index is 0.0359. The number of quaternary nitrogens is 1. The predicted molar refractivity (Wildman–Crippen MR) is 378 cm³/mol. The standard InChI is InChI=1S/C78H138NO8P/c1-6-8-10-12-14-16-18-20-22-24-26-28-30-31-32-33-34-35-36-37-38-39-40-41-42-43-44-45-46-47-49-50-52-54-56-58-60-62-64-66-68-70-77(80)84-74-76(75-86-88(82,83)85-73-72-79(3,4)5)87-78(81)71-69-67-65-63-61-59-57-55-53-51-48-29-27-25-23-21-19-17-15-13-11-9-7-2/h8-11,14-17,20-23,26-29,51,53,76H,6-7,12-13,18-19,24-25,30-50,52,54-75H2,1-5H3/b10-8-,11-9-,16-14-,17-15-,22-20-,23-21-,28-26-,29-27-,53-51-. The van der Waals surface area contributed by atoms with Crippen LogP contribution < -0.4 is 4.89 Å². The van der Waals surface area contributed by atoms with Crippen molar-refractivity contribution in [2.75, 3.05) is 47.5 Å². The lowest BCUT2D eigenvalue weighted by Crippen LogP contribution is -2.37. The van der Waals surface area contributed by atoms with Crippen LogP contribution in [0.3, 0.4) is 0 Å². The van der Waals surface area contributed by atoms with Crippen molar-refractivity contribution in [3.05, 3.63) is 109 Å². The van der Waals surface area contributed by atoms with Gasteiger partial charge in [0.15, 0.2) is 6.10 Å². The summed E-state index contributed by atoms with van der Waals surface area (Å²) in [7, 11) is 1.16. The van der Waals surface area contributed by atoms with Crippen LogP contribution in [0.25, 0.3) is 0 Å². The highest BCUT2D eigenvalue weighted by molar-refractivity contribution is 7.45. The number of nitrogens with zero attached hydrogens (tertiary/aromatic N) is 1. The molecule has 2 atom stereocenters. The van der Waals surface area contributed by atoms with E-state index in [2.05, 4.69) is 123 Å². The Bertz CT molecular complexity index is 1850. The van der Waals surface area contributed by atoms with Gasteiger partial charge in [0.2, 0.25) is 0 Å². The van der Waals surface area contributed by atoms with Crippen molar-refractivity contribution in [1.82, 2.24) is 0 Å². The van der Waals surface area contributed by atoms with E-state index in [4.69, 9.17) is 18.5 Å². The third-order valence-corrected chi connectivity index (χ3v) is 16.8. The second-order valence-electron chi connectivity index (χ2n) is 25.5. The third-order valence-electron chi connectivity index (χ3n) is 15.8. The maximum atomic E-state index is 12.8. The van der Waals surface area contributed by atoms with Gasteiger partial charge in [-0.25, -0.2) is 0 Å². The summed E-state index contributed by atoms with van der Waals surface area (Å²) in [6.07, 6.45) is 96.3. The number of rotatable bonds is 67. The first-order valence-corrected chi connectivity index (χ1v) is 38.1. The predicted octanol–water partition coefficient (Wildman–Crippen LogP) is 23.4. The zero-order chi connectivity index (χ0) is 64.1. The average Bonchev–Trinajstić information content (AvgIpc) is 3.68. The summed E-state index contributed by atoms with van der Waals surface area (Å²) in [5.74, 6) is -0.838. The van der Waals surface area contributed by atoms with Gasteiger partial charge in [-0.1, -0.05) is 322 Å². The lowest BCUT2D eigenvalue weighted by molar-refractivity contribution is -0.870. The van der Waals surface area contributed by atoms with Crippen molar-refractivity contribution in [3.63, 3.8) is 0 Å². The normalized spacial score (nSPS) is 13.8. The van der Waals surface area contributed by atoms with E-state index in [1.54, 1.807) is 0 Å². The van der Waals surface area contributed by atoms with E-state index in [9.17, 15) is 19.0 Å². The fourth-order valence-corrected chi connectivity index (χ4v) is 11.0. The van der Waals surface area contributed by atoms with Crippen molar-refractivity contribution in [2.24, 2.45) is 0 Å². The molecule has 0 aromatic carbocycles. The summed E-state index contributed by atoms with van der Waals surface area (Å²) in [5.41, 5.74) is 0. The summed E-state index contributed by atoms with van der Waals surface area (Å²) in [4.78, 5) is 38.1. The lowest BCUT2D eigenvalue weighted by Gasteiger charge is -2.28. The van der Waals surface area contributed by atoms with Crippen LogP contribution in [0.2, 0.25) is 0 Å². The van der Waals surface area contributed by atoms with E-state index in [0.29, 0.717) is 17.4 Å². The van der Waals surface area contributed by atoms with E-state index in [0.717, 1.165) is 103 Å². The van der Waals surface area contributed by atoms with Crippen LogP contribution in [0.15, 0.2) is 109 Å². The molecular weight excluding hydrogens is 1110 g/mol. The summed E-state index contributed by atoms with van der Waals surface area (Å²) in [5, 5.41) is 0. The summed E-state index contributed by atoms with van der Waals surface area (Å²) < 4.78 is 34.3. The van der Waals surface area contributed by atoms with E-state index in [-0.39, 0.29) is 32.0 Å². The molecule has 0 heterocycles. The monoisotopic (exact) mass is 1250 g/mol. The molecule has 0 spiro atoms. The molecule has 0 fully saturated rings. The third kappa shape index (κ3) is 71.7. The fraction of sp³-hybridized carbons (Fsp3) is 0.744. The van der Waals surface area contributed by atoms with Gasteiger partial charge in [0.25, 0.3) is 7.82 Å². The number of hydrogen-bond acceptors (Lipinski definition) is 8. The van der Waals surface area contributed by atoms with Gasteiger partial charge >= 0.3 is 11.9 Å². The summed E-state index contributed by atoms with van der Waals surface area (Å²) in [6.45, 7) is 4.03. The maximum absolute atomic E-state index is 12.8. The molecule has 88 heavy (non-hydrogen) atoms. The molecule has 0 N–H and O–H groups in total. The quantitative estimate of drug-likeness (QED) is 0.0195. The van der Waals surface area contributed by atoms with Crippen molar-refractivity contribution >= 4 is 19.8 Å². The zero-order valence-electron chi connectivity index (χ0n) is 57.9. The number of likely N-dealkylation sites (N-methyl/N-ethyl adjacent to an activating group) is 1. The van der Waals surface area contributed by atoms with Gasteiger partial charge in [-0.15, -0.1) is 0 Å². The number of hydrogen-bond donors (Lipinski definition) is 0. The molecule has 0 bridgehead atoms. The Morgan fingerprint density at radius 1 is 0.352 bits per heavy atom. The van der Waals surface area contributed by atoms with Gasteiger partial charge in [-0.2, -0.15) is 0 Å². The van der Waals surface area contributed by atoms with E-state index >= 15 is 0 Å². The van der Waals surface area contributed by atoms with Crippen LogP contribution in [0.1, 0.15) is 322 Å². The van der Waals surface area contributed by atoms with Gasteiger partial charge in [0, 0.05) is 12.8 Å². The van der Waals surface area contributed by atoms with Crippen LogP contribution in [-0.4, -0.2) is 70.0 Å². The molecule has 0 aromatic heterocycles. The number of unbranched alkanes of at least 4 members (excludes halogenated alkanes) is 35.